The van der Waals surface area contributed by atoms with Crippen molar-refractivity contribution in [2.75, 3.05) is 0 Å². The molecule has 0 aromatic rings. The third kappa shape index (κ3) is 2.08. The van der Waals surface area contributed by atoms with Crippen LogP contribution in [0.3, 0.4) is 0 Å². The monoisotopic (exact) mass is 310 g/mol. The first-order chi connectivity index (χ1) is 11.0. The third-order valence-electron chi connectivity index (χ3n) is 8.12. The van der Waals surface area contributed by atoms with Gasteiger partial charge < -0.3 is 0 Å². The maximum absolute atomic E-state index is 12.0. The molecule has 1 heteroatoms. The molecule has 0 aromatic carbocycles. The Bertz CT molecular complexity index is 597. The molecule has 6 atom stereocenters. The van der Waals surface area contributed by atoms with Crippen LogP contribution in [0.4, 0.5) is 0 Å². The summed E-state index contributed by atoms with van der Waals surface area (Å²) >= 11 is 0. The van der Waals surface area contributed by atoms with Crippen LogP contribution in [0.15, 0.2) is 36.5 Å². The van der Waals surface area contributed by atoms with E-state index in [1.165, 1.54) is 37.7 Å². The predicted octanol–water partition coefficient (Wildman–Crippen LogP) is 5.49. The summed E-state index contributed by atoms with van der Waals surface area (Å²) in [6.45, 7) is 9.07. The van der Waals surface area contributed by atoms with E-state index in [9.17, 15) is 4.79 Å². The molecule has 3 fully saturated rings. The molecule has 4 rings (SSSR count). The molecule has 6 unspecified atom stereocenters. The molecule has 0 heterocycles. The van der Waals surface area contributed by atoms with Crippen LogP contribution in [0, 0.1) is 34.5 Å². The first-order valence-electron chi connectivity index (χ1n) is 9.53. The Balaban J connectivity index is 1.71. The SMILES string of the molecule is C=CC1CCC2C3CCC4=CC(=O)CC=CC4(C)C3CCC12C. The first kappa shape index (κ1) is 15.4. The second-order valence-electron chi connectivity index (χ2n) is 8.90. The molecule has 0 aliphatic heterocycles. The van der Waals surface area contributed by atoms with Gasteiger partial charge in [-0.15, -0.1) is 6.58 Å². The molecule has 23 heavy (non-hydrogen) atoms. The van der Waals surface area contributed by atoms with E-state index in [-0.39, 0.29) is 5.41 Å². The van der Waals surface area contributed by atoms with Crippen molar-refractivity contribution in [3.63, 3.8) is 0 Å². The molecule has 0 amide bonds. The Hall–Kier alpha value is -1.11. The molecule has 4 aliphatic rings. The Morgan fingerprint density at radius 2 is 2.00 bits per heavy atom. The predicted molar refractivity (Wildman–Crippen MR) is 94.9 cm³/mol. The van der Waals surface area contributed by atoms with Crippen molar-refractivity contribution in [2.24, 2.45) is 34.5 Å². The highest BCUT2D eigenvalue weighted by molar-refractivity contribution is 5.92. The van der Waals surface area contributed by atoms with Crippen molar-refractivity contribution in [3.8, 4) is 0 Å². The van der Waals surface area contributed by atoms with Crippen LogP contribution in [-0.4, -0.2) is 5.78 Å². The molecule has 0 spiro atoms. The van der Waals surface area contributed by atoms with E-state index in [0.717, 1.165) is 24.2 Å². The van der Waals surface area contributed by atoms with Crippen LogP contribution in [0.5, 0.6) is 0 Å². The standard InChI is InChI=1S/C22H30O/c1-4-15-8-10-19-18-9-7-16-14-17(23)6-5-12-21(16,2)20(18)11-13-22(15,19)3/h4-5,12,14-15,18-20H,1,6-11,13H2,2-3H3. The number of hydrogen-bond acceptors (Lipinski definition) is 1. The average molecular weight is 310 g/mol. The molecule has 124 valence electrons. The zero-order valence-electron chi connectivity index (χ0n) is 14.7. The molecule has 0 saturated heterocycles. The highest BCUT2D eigenvalue weighted by Crippen LogP contribution is 2.65. The van der Waals surface area contributed by atoms with Gasteiger partial charge >= 0.3 is 0 Å². The van der Waals surface area contributed by atoms with E-state index in [4.69, 9.17) is 0 Å². The van der Waals surface area contributed by atoms with Gasteiger partial charge in [0.15, 0.2) is 5.78 Å². The summed E-state index contributed by atoms with van der Waals surface area (Å²) in [5.41, 5.74) is 2.02. The summed E-state index contributed by atoms with van der Waals surface area (Å²) in [6.07, 6.45) is 17.1. The normalized spacial score (nSPS) is 48.8. The second-order valence-corrected chi connectivity index (χ2v) is 8.90. The Labute approximate surface area is 140 Å². The lowest BCUT2D eigenvalue weighted by Crippen LogP contribution is -2.48. The first-order valence-corrected chi connectivity index (χ1v) is 9.53. The largest absolute Gasteiger partial charge is 0.295 e. The van der Waals surface area contributed by atoms with Gasteiger partial charge in [0.2, 0.25) is 0 Å². The third-order valence-corrected chi connectivity index (χ3v) is 8.12. The van der Waals surface area contributed by atoms with Crippen LogP contribution in [0.25, 0.3) is 0 Å². The fourth-order valence-electron chi connectivity index (χ4n) is 6.82. The van der Waals surface area contributed by atoms with E-state index in [1.807, 2.05) is 6.08 Å². The van der Waals surface area contributed by atoms with E-state index < -0.39 is 0 Å². The van der Waals surface area contributed by atoms with Crippen LogP contribution in [-0.2, 0) is 4.79 Å². The molecule has 0 aromatic heterocycles. The van der Waals surface area contributed by atoms with Crippen LogP contribution in [0.1, 0.15) is 58.8 Å². The van der Waals surface area contributed by atoms with E-state index in [1.54, 1.807) is 0 Å². The smallest absolute Gasteiger partial charge is 0.159 e. The van der Waals surface area contributed by atoms with Gasteiger partial charge in [0.05, 0.1) is 0 Å². The van der Waals surface area contributed by atoms with E-state index in [2.05, 4.69) is 38.7 Å². The summed E-state index contributed by atoms with van der Waals surface area (Å²) in [4.78, 5) is 12.0. The molecule has 1 nitrogen and oxygen atoms in total. The summed E-state index contributed by atoms with van der Waals surface area (Å²) in [7, 11) is 0. The van der Waals surface area contributed by atoms with Crippen LogP contribution < -0.4 is 0 Å². The van der Waals surface area contributed by atoms with Crippen molar-refractivity contribution in [3.05, 3.63) is 36.5 Å². The lowest BCUT2D eigenvalue weighted by Gasteiger charge is -2.56. The number of allylic oxidation sites excluding steroid dienone is 5. The zero-order chi connectivity index (χ0) is 16.2. The molecule has 4 aliphatic carbocycles. The van der Waals surface area contributed by atoms with Crippen LogP contribution in [0.2, 0.25) is 0 Å². The minimum atomic E-state index is 0.128. The lowest BCUT2D eigenvalue weighted by atomic mass is 9.48. The van der Waals surface area contributed by atoms with Gasteiger partial charge in [0.25, 0.3) is 0 Å². The summed E-state index contributed by atoms with van der Waals surface area (Å²) < 4.78 is 0. The number of hydrogen-bond donors (Lipinski definition) is 0. The topological polar surface area (TPSA) is 17.1 Å². The number of carbonyl (C=O) groups is 1. The highest BCUT2D eigenvalue weighted by atomic mass is 16.1. The van der Waals surface area contributed by atoms with E-state index in [0.29, 0.717) is 23.5 Å². The van der Waals surface area contributed by atoms with Gasteiger partial charge in [0, 0.05) is 11.8 Å². The number of ketones is 1. The fraction of sp³-hybridized carbons (Fsp3) is 0.682. The van der Waals surface area contributed by atoms with Crippen molar-refractivity contribution in [2.45, 2.75) is 58.8 Å². The summed E-state index contributed by atoms with van der Waals surface area (Å²) in [6, 6.07) is 0. The Kier molecular flexibility index (Phi) is 3.48. The van der Waals surface area contributed by atoms with Crippen molar-refractivity contribution in [1.82, 2.24) is 0 Å². The Morgan fingerprint density at radius 3 is 2.78 bits per heavy atom. The van der Waals surface area contributed by atoms with Crippen LogP contribution >= 0.6 is 0 Å². The molecular formula is C22H30O. The van der Waals surface area contributed by atoms with Crippen molar-refractivity contribution in [1.29, 1.82) is 0 Å². The van der Waals surface area contributed by atoms with Gasteiger partial charge in [-0.25, -0.2) is 0 Å². The Morgan fingerprint density at radius 1 is 1.17 bits per heavy atom. The maximum atomic E-state index is 12.0. The van der Waals surface area contributed by atoms with Crippen molar-refractivity contribution < 1.29 is 4.79 Å². The van der Waals surface area contributed by atoms with Gasteiger partial charge in [0.1, 0.15) is 0 Å². The number of fused-ring (bicyclic) bond motifs is 5. The molecular weight excluding hydrogens is 280 g/mol. The van der Waals surface area contributed by atoms with Gasteiger partial charge in [-0.05, 0) is 73.7 Å². The second kappa shape index (κ2) is 5.19. The maximum Gasteiger partial charge on any atom is 0.159 e. The van der Waals surface area contributed by atoms with Gasteiger partial charge in [-0.3, -0.25) is 4.79 Å². The van der Waals surface area contributed by atoms with E-state index >= 15 is 0 Å². The fourth-order valence-corrected chi connectivity index (χ4v) is 6.82. The van der Waals surface area contributed by atoms with Crippen molar-refractivity contribution >= 4 is 5.78 Å². The molecule has 3 saturated carbocycles. The summed E-state index contributed by atoms with van der Waals surface area (Å²) in [5, 5.41) is 0. The minimum absolute atomic E-state index is 0.128. The molecule has 0 N–H and O–H groups in total. The quantitative estimate of drug-likeness (QED) is 0.586. The zero-order valence-corrected chi connectivity index (χ0v) is 14.7. The minimum Gasteiger partial charge on any atom is -0.295 e. The average Bonchev–Trinajstić information content (AvgIpc) is 2.78. The van der Waals surface area contributed by atoms with Gasteiger partial charge in [-0.1, -0.05) is 37.6 Å². The van der Waals surface area contributed by atoms with Gasteiger partial charge in [-0.2, -0.15) is 0 Å². The molecule has 0 radical (unpaired) electrons. The molecule has 0 bridgehead atoms. The highest BCUT2D eigenvalue weighted by Gasteiger charge is 2.57. The summed E-state index contributed by atoms with van der Waals surface area (Å²) in [5.74, 6) is 3.43. The number of rotatable bonds is 1. The number of carbonyl (C=O) groups excluding carboxylic acids is 1. The lowest BCUT2D eigenvalue weighted by molar-refractivity contribution is -0.113.